The fourth-order valence-corrected chi connectivity index (χ4v) is 3.51. The molecule has 9 nitrogen and oxygen atoms in total. The standard InChI is InChI=1S/C23H24N6O3.H2S/c1-23(2,14-24)16-5-3-15(4-6-16)18-11-19-20(27-8-7-26-19)21(28-18)32-13-17-12-29(22(25)30)9-10-31-17;/h3-8,11,17H,9-10,12-13H2,1-2H3,(H2,25,30);1H2/t17-;/m0./s1. The third kappa shape index (κ3) is 5.32. The molecule has 1 aliphatic heterocycles. The van der Waals surface area contributed by atoms with Crippen molar-refractivity contribution < 1.29 is 14.3 Å². The van der Waals surface area contributed by atoms with Crippen molar-refractivity contribution in [3.05, 3.63) is 48.3 Å². The number of primary amides is 1. The summed E-state index contributed by atoms with van der Waals surface area (Å²) in [7, 11) is 0. The van der Waals surface area contributed by atoms with E-state index in [1.807, 2.05) is 44.2 Å². The first-order chi connectivity index (χ1) is 15.4. The minimum absolute atomic E-state index is 0. The number of pyridine rings is 1. The minimum atomic E-state index is -0.576. The van der Waals surface area contributed by atoms with E-state index < -0.39 is 11.4 Å². The van der Waals surface area contributed by atoms with Gasteiger partial charge in [0.05, 0.1) is 35.8 Å². The Morgan fingerprint density at radius 3 is 2.73 bits per heavy atom. The third-order valence-corrected chi connectivity index (χ3v) is 5.46. The Morgan fingerprint density at radius 1 is 1.30 bits per heavy atom. The monoisotopic (exact) mass is 466 g/mol. The van der Waals surface area contributed by atoms with Crippen LogP contribution in [0.2, 0.25) is 0 Å². The van der Waals surface area contributed by atoms with Crippen molar-refractivity contribution in [3.8, 4) is 23.2 Å². The van der Waals surface area contributed by atoms with Crippen molar-refractivity contribution >= 4 is 30.6 Å². The Kier molecular flexibility index (Phi) is 7.36. The molecule has 1 saturated heterocycles. The van der Waals surface area contributed by atoms with E-state index in [9.17, 15) is 10.1 Å². The molecule has 2 amide bonds. The lowest BCUT2D eigenvalue weighted by Crippen LogP contribution is -2.49. The molecule has 0 radical (unpaired) electrons. The number of amides is 2. The first-order valence-electron chi connectivity index (χ1n) is 10.3. The maximum absolute atomic E-state index is 11.5. The van der Waals surface area contributed by atoms with Gasteiger partial charge in [-0.25, -0.2) is 14.8 Å². The van der Waals surface area contributed by atoms with Crippen LogP contribution in [-0.2, 0) is 10.2 Å². The molecule has 2 aromatic heterocycles. The van der Waals surface area contributed by atoms with Gasteiger partial charge in [0.1, 0.15) is 12.7 Å². The van der Waals surface area contributed by atoms with E-state index in [0.29, 0.717) is 42.3 Å². The first kappa shape index (κ1) is 24.2. The zero-order valence-electron chi connectivity index (χ0n) is 18.5. The van der Waals surface area contributed by atoms with Gasteiger partial charge in [-0.15, -0.1) is 0 Å². The van der Waals surface area contributed by atoms with Crippen LogP contribution in [0.4, 0.5) is 4.79 Å². The molecule has 0 saturated carbocycles. The molecule has 1 atom stereocenters. The van der Waals surface area contributed by atoms with E-state index in [1.54, 1.807) is 12.4 Å². The molecule has 0 bridgehead atoms. The van der Waals surface area contributed by atoms with E-state index in [0.717, 1.165) is 11.1 Å². The molecule has 172 valence electrons. The number of nitrogens with zero attached hydrogens (tertiary/aromatic N) is 5. The number of hydrogen-bond acceptors (Lipinski definition) is 7. The fourth-order valence-electron chi connectivity index (χ4n) is 3.51. The summed E-state index contributed by atoms with van der Waals surface area (Å²) in [5, 5.41) is 9.37. The Labute approximate surface area is 199 Å². The molecule has 2 N–H and O–H groups in total. The van der Waals surface area contributed by atoms with Crippen LogP contribution in [0, 0.1) is 11.3 Å². The number of benzene rings is 1. The Morgan fingerprint density at radius 2 is 2.03 bits per heavy atom. The van der Waals surface area contributed by atoms with Crippen molar-refractivity contribution in [1.29, 1.82) is 5.26 Å². The Hall–Kier alpha value is -3.42. The average molecular weight is 467 g/mol. The number of nitrogens with two attached hydrogens (primary N) is 1. The van der Waals surface area contributed by atoms with Crippen molar-refractivity contribution in [2.24, 2.45) is 5.73 Å². The number of urea groups is 1. The van der Waals surface area contributed by atoms with Gasteiger partial charge >= 0.3 is 6.03 Å². The number of fused-ring (bicyclic) bond motifs is 1. The highest BCUT2D eigenvalue weighted by Gasteiger charge is 2.24. The number of ether oxygens (including phenoxy) is 2. The summed E-state index contributed by atoms with van der Waals surface area (Å²) in [5.74, 6) is 0.340. The molecule has 0 aliphatic carbocycles. The highest BCUT2D eigenvalue weighted by Crippen LogP contribution is 2.29. The van der Waals surface area contributed by atoms with Gasteiger partial charge in [-0.05, 0) is 25.5 Å². The average Bonchev–Trinajstić information content (AvgIpc) is 2.82. The molecule has 3 aromatic rings. The molecule has 1 fully saturated rings. The number of morpholine rings is 1. The molecule has 4 rings (SSSR count). The second kappa shape index (κ2) is 10.0. The molecule has 3 heterocycles. The van der Waals surface area contributed by atoms with Crippen LogP contribution in [-0.4, -0.2) is 58.3 Å². The minimum Gasteiger partial charge on any atom is -0.473 e. The van der Waals surface area contributed by atoms with Gasteiger partial charge in [0, 0.05) is 24.5 Å². The predicted octanol–water partition coefficient (Wildman–Crippen LogP) is 2.76. The summed E-state index contributed by atoms with van der Waals surface area (Å²) in [6, 6.07) is 11.4. The molecule has 1 aliphatic rings. The molecule has 1 aromatic carbocycles. The van der Waals surface area contributed by atoms with Crippen molar-refractivity contribution in [1.82, 2.24) is 19.9 Å². The van der Waals surface area contributed by atoms with Crippen LogP contribution in [0.15, 0.2) is 42.7 Å². The summed E-state index contributed by atoms with van der Waals surface area (Å²) in [5.41, 5.74) is 8.47. The van der Waals surface area contributed by atoms with Gasteiger partial charge in [0.2, 0.25) is 5.88 Å². The maximum atomic E-state index is 11.5. The van der Waals surface area contributed by atoms with Crippen LogP contribution in [0.3, 0.4) is 0 Å². The Balaban J connectivity index is 0.00000306. The number of carbonyl (C=O) groups excluding carboxylic acids is 1. The highest BCUT2D eigenvalue weighted by atomic mass is 32.1. The summed E-state index contributed by atoms with van der Waals surface area (Å²) >= 11 is 0. The largest absolute Gasteiger partial charge is 0.473 e. The lowest BCUT2D eigenvalue weighted by molar-refractivity contribution is -0.0346. The third-order valence-electron chi connectivity index (χ3n) is 5.46. The van der Waals surface area contributed by atoms with Crippen molar-refractivity contribution in [3.63, 3.8) is 0 Å². The number of nitriles is 1. The van der Waals surface area contributed by atoms with Crippen molar-refractivity contribution in [2.45, 2.75) is 25.4 Å². The summed E-state index contributed by atoms with van der Waals surface area (Å²) < 4.78 is 11.7. The zero-order chi connectivity index (χ0) is 22.7. The smallest absolute Gasteiger partial charge is 0.314 e. The summed E-state index contributed by atoms with van der Waals surface area (Å²) in [6.45, 7) is 5.17. The van der Waals surface area contributed by atoms with Crippen molar-refractivity contribution in [2.75, 3.05) is 26.3 Å². The van der Waals surface area contributed by atoms with Gasteiger partial charge in [-0.1, -0.05) is 24.3 Å². The molecule has 33 heavy (non-hydrogen) atoms. The second-order valence-electron chi connectivity index (χ2n) is 8.14. The number of hydrogen-bond donors (Lipinski definition) is 1. The van der Waals surface area contributed by atoms with Crippen LogP contribution < -0.4 is 10.5 Å². The number of aromatic nitrogens is 3. The summed E-state index contributed by atoms with van der Waals surface area (Å²) in [4.78, 5) is 26.4. The van der Waals surface area contributed by atoms with E-state index >= 15 is 0 Å². The second-order valence-corrected chi connectivity index (χ2v) is 8.14. The highest BCUT2D eigenvalue weighted by molar-refractivity contribution is 7.59. The Bertz CT molecular complexity index is 1180. The van der Waals surface area contributed by atoms with Gasteiger partial charge in [-0.2, -0.15) is 18.8 Å². The van der Waals surface area contributed by atoms with E-state index in [2.05, 4.69) is 21.0 Å². The zero-order valence-corrected chi connectivity index (χ0v) is 19.5. The quantitative estimate of drug-likeness (QED) is 0.612. The van der Waals surface area contributed by atoms with Crippen LogP contribution in [0.5, 0.6) is 5.88 Å². The maximum Gasteiger partial charge on any atom is 0.314 e. The lowest BCUT2D eigenvalue weighted by Gasteiger charge is -2.31. The molecular weight excluding hydrogens is 440 g/mol. The van der Waals surface area contributed by atoms with Gasteiger partial charge < -0.3 is 20.1 Å². The van der Waals surface area contributed by atoms with Gasteiger partial charge in [0.25, 0.3) is 0 Å². The topological polar surface area (TPSA) is 127 Å². The fraction of sp³-hybridized carbons (Fsp3) is 0.348. The van der Waals surface area contributed by atoms with E-state index in [-0.39, 0.29) is 26.2 Å². The SMILES string of the molecule is CC(C)(C#N)c1ccc(-c2cc3nccnc3c(OC[C@@H]3CN(C(N)=O)CCO3)n2)cc1.S. The number of rotatable bonds is 5. The van der Waals surface area contributed by atoms with Crippen LogP contribution >= 0.6 is 13.5 Å². The molecular formula is C23H26N6O3S. The molecule has 10 heteroatoms. The van der Waals surface area contributed by atoms with Gasteiger partial charge in [-0.3, -0.25) is 4.98 Å². The van der Waals surface area contributed by atoms with E-state index in [4.69, 9.17) is 15.2 Å². The molecule has 0 unspecified atom stereocenters. The normalized spacial score (nSPS) is 16.0. The molecule has 0 spiro atoms. The van der Waals surface area contributed by atoms with E-state index in [1.165, 1.54) is 4.90 Å². The lowest BCUT2D eigenvalue weighted by atomic mass is 9.86. The van der Waals surface area contributed by atoms with Crippen LogP contribution in [0.1, 0.15) is 19.4 Å². The first-order valence-corrected chi connectivity index (χ1v) is 10.3. The van der Waals surface area contributed by atoms with Gasteiger partial charge in [0.15, 0.2) is 5.52 Å². The van der Waals surface area contributed by atoms with Crippen LogP contribution in [0.25, 0.3) is 22.3 Å². The predicted molar refractivity (Wildman–Crippen MR) is 128 cm³/mol. The number of carbonyl (C=O) groups is 1. The summed E-state index contributed by atoms with van der Waals surface area (Å²) in [6.07, 6.45) is 2.88.